The second-order valence-corrected chi connectivity index (χ2v) is 9.41. The van der Waals surface area contributed by atoms with E-state index in [-0.39, 0.29) is 0 Å². The van der Waals surface area contributed by atoms with E-state index in [1.165, 1.54) is 22.1 Å². The Balaban J connectivity index is 0.000000816. The summed E-state index contributed by atoms with van der Waals surface area (Å²) < 4.78 is 0. The van der Waals surface area contributed by atoms with Gasteiger partial charge in [-0.2, -0.15) is 0 Å². The van der Waals surface area contributed by atoms with Crippen molar-refractivity contribution in [2.45, 2.75) is 20.8 Å². The normalized spacial score (nSPS) is 10.4. The second kappa shape index (κ2) is 9.91. The molecule has 2 nitrogen and oxygen atoms in total. The predicted octanol–water partition coefficient (Wildman–Crippen LogP) is 4.39. The maximum atomic E-state index is 10.3. The standard InChI is InChI=1S/C17H22NOP.2ClH.Ti/c1-11-9-13(3)16(19)15(10-11)20-17-12(2)7-6-8-14(17)18(4)5;;;/h6-10,19-20H,1-5H3;2*1H;/q;;;+2/p-2. The molecule has 124 valence electrons. The monoisotopic (exact) mass is 405 g/mol. The molecule has 0 saturated carbocycles. The summed E-state index contributed by atoms with van der Waals surface area (Å²) in [6.45, 7) is 6.17. The van der Waals surface area contributed by atoms with Gasteiger partial charge in [0.05, 0.1) is 0 Å². The molecule has 2 aromatic carbocycles. The molecule has 23 heavy (non-hydrogen) atoms. The van der Waals surface area contributed by atoms with Gasteiger partial charge in [-0.3, -0.25) is 0 Å². The Morgan fingerprint density at radius 2 is 1.65 bits per heavy atom. The van der Waals surface area contributed by atoms with Crippen LogP contribution in [0.5, 0.6) is 5.75 Å². The van der Waals surface area contributed by atoms with Crippen LogP contribution in [0.15, 0.2) is 30.3 Å². The van der Waals surface area contributed by atoms with Gasteiger partial charge in [0.2, 0.25) is 0 Å². The van der Waals surface area contributed by atoms with E-state index < -0.39 is 17.0 Å². The van der Waals surface area contributed by atoms with Gasteiger partial charge >= 0.3 is 35.6 Å². The molecular formula is C17H22Cl2NOPTi. The first-order valence-corrected chi connectivity index (χ1v) is 12.4. The quantitative estimate of drug-likeness (QED) is 0.604. The molecule has 1 unspecified atom stereocenters. The van der Waals surface area contributed by atoms with Crippen molar-refractivity contribution in [1.29, 1.82) is 0 Å². The van der Waals surface area contributed by atoms with Crippen molar-refractivity contribution in [3.8, 4) is 5.75 Å². The number of phenolic OH excluding ortho intramolecular Hbond substituents is 1. The second-order valence-electron chi connectivity index (χ2n) is 5.54. The van der Waals surface area contributed by atoms with Gasteiger partial charge in [0.15, 0.2) is 0 Å². The molecule has 0 aliphatic heterocycles. The molecule has 0 saturated heterocycles. The van der Waals surface area contributed by atoms with Crippen molar-refractivity contribution in [3.05, 3.63) is 47.0 Å². The number of rotatable bonds is 3. The van der Waals surface area contributed by atoms with Crippen LogP contribution in [0.3, 0.4) is 0 Å². The predicted molar refractivity (Wildman–Crippen MR) is 102 cm³/mol. The van der Waals surface area contributed by atoms with Crippen LogP contribution in [0.1, 0.15) is 16.7 Å². The molecule has 1 N–H and O–H groups in total. The molecule has 1 atom stereocenters. The Morgan fingerprint density at radius 3 is 2.22 bits per heavy atom. The number of hydrogen-bond donors (Lipinski definition) is 1. The molecule has 0 radical (unpaired) electrons. The number of anilines is 1. The van der Waals surface area contributed by atoms with E-state index >= 15 is 0 Å². The van der Waals surface area contributed by atoms with Crippen molar-refractivity contribution >= 4 is 43.5 Å². The molecule has 0 aliphatic carbocycles. The molecule has 2 rings (SSSR count). The van der Waals surface area contributed by atoms with Crippen LogP contribution in [0, 0.1) is 20.8 Å². The number of hydrogen-bond acceptors (Lipinski definition) is 2. The number of phenols is 1. The van der Waals surface area contributed by atoms with Gasteiger partial charge in [-0.05, 0) is 49.6 Å². The van der Waals surface area contributed by atoms with Crippen LogP contribution >= 0.6 is 27.2 Å². The van der Waals surface area contributed by atoms with Crippen LogP contribution < -0.4 is 15.5 Å². The zero-order valence-electron chi connectivity index (χ0n) is 14.0. The first-order valence-electron chi connectivity index (χ1n) is 7.12. The molecule has 0 bridgehead atoms. The molecule has 2 aromatic rings. The summed E-state index contributed by atoms with van der Waals surface area (Å²) in [5, 5.41) is 12.6. The van der Waals surface area contributed by atoms with E-state index in [1.54, 1.807) is 0 Å². The summed E-state index contributed by atoms with van der Waals surface area (Å²) in [4.78, 5) is 2.13. The number of nitrogens with zero attached hydrogens (tertiary/aromatic N) is 1. The third kappa shape index (κ3) is 5.96. The third-order valence-corrected chi connectivity index (χ3v) is 4.99. The molecule has 0 spiro atoms. The Kier molecular flexibility index (Phi) is 8.97. The topological polar surface area (TPSA) is 23.5 Å². The van der Waals surface area contributed by atoms with Gasteiger partial charge in [-0.25, -0.2) is 0 Å². The Labute approximate surface area is 157 Å². The first kappa shape index (κ1) is 20.8. The summed E-state index contributed by atoms with van der Waals surface area (Å²) >= 11 is -0.556. The van der Waals surface area contributed by atoms with E-state index in [0.717, 1.165) is 10.9 Å². The zero-order chi connectivity index (χ0) is 17.6. The Hall–Kier alpha value is -0.236. The van der Waals surface area contributed by atoms with Crippen molar-refractivity contribution < 1.29 is 22.1 Å². The van der Waals surface area contributed by atoms with Crippen LogP contribution in [-0.4, -0.2) is 19.2 Å². The zero-order valence-corrected chi connectivity index (χ0v) is 18.1. The SMILES string of the molecule is Cc1cc(C)c(O)c(Pc2c(C)cccc2N(C)C)c1.[Cl][Ti][Cl]. The van der Waals surface area contributed by atoms with Gasteiger partial charge in [-0.15, -0.1) is 0 Å². The minimum absolute atomic E-state index is 0.432. The van der Waals surface area contributed by atoms with Gasteiger partial charge < -0.3 is 10.0 Å². The number of aryl methyl sites for hydroxylation is 3. The molecular weight excluding hydrogens is 384 g/mol. The maximum absolute atomic E-state index is 10.3. The summed E-state index contributed by atoms with van der Waals surface area (Å²) in [6, 6.07) is 10.5. The Morgan fingerprint density at radius 1 is 1.04 bits per heavy atom. The molecule has 0 heterocycles. The van der Waals surface area contributed by atoms with Crippen molar-refractivity contribution in [2.24, 2.45) is 0 Å². The summed E-state index contributed by atoms with van der Waals surface area (Å²) in [5.74, 6) is 0.432. The fourth-order valence-corrected chi connectivity index (χ4v) is 3.98. The average molecular weight is 406 g/mol. The number of benzene rings is 2. The van der Waals surface area contributed by atoms with Crippen LogP contribution in [0.2, 0.25) is 0 Å². The fourth-order valence-electron chi connectivity index (χ4n) is 2.38. The van der Waals surface area contributed by atoms with Crippen molar-refractivity contribution in [3.63, 3.8) is 0 Å². The van der Waals surface area contributed by atoms with Crippen molar-refractivity contribution in [1.82, 2.24) is 0 Å². The fraction of sp³-hybridized carbons (Fsp3) is 0.294. The van der Waals surface area contributed by atoms with Crippen LogP contribution in [-0.2, 0) is 17.0 Å². The Bertz CT molecular complexity index is 665. The molecule has 0 aliphatic rings. The van der Waals surface area contributed by atoms with Gasteiger partial charge in [-0.1, -0.05) is 26.8 Å². The van der Waals surface area contributed by atoms with Gasteiger partial charge in [0.1, 0.15) is 5.75 Å². The van der Waals surface area contributed by atoms with Crippen LogP contribution in [0.4, 0.5) is 5.69 Å². The van der Waals surface area contributed by atoms with Crippen molar-refractivity contribution in [2.75, 3.05) is 19.0 Å². The minimum atomic E-state index is -0.556. The van der Waals surface area contributed by atoms with Crippen LogP contribution in [0.25, 0.3) is 0 Å². The van der Waals surface area contributed by atoms with E-state index in [1.807, 2.05) is 13.0 Å². The van der Waals surface area contributed by atoms with E-state index in [4.69, 9.17) is 18.6 Å². The third-order valence-electron chi connectivity index (χ3n) is 3.44. The summed E-state index contributed by atoms with van der Waals surface area (Å²) in [6.07, 6.45) is 0. The van der Waals surface area contributed by atoms with Gasteiger partial charge in [0, 0.05) is 30.4 Å². The van der Waals surface area contributed by atoms with E-state index in [0.29, 0.717) is 14.3 Å². The number of halogens is 2. The van der Waals surface area contributed by atoms with E-state index in [2.05, 4.69) is 57.1 Å². The summed E-state index contributed by atoms with van der Waals surface area (Å²) in [7, 11) is 14.4. The number of aromatic hydroxyl groups is 1. The van der Waals surface area contributed by atoms with Gasteiger partial charge in [0.25, 0.3) is 0 Å². The molecule has 0 aromatic heterocycles. The molecule has 0 amide bonds. The summed E-state index contributed by atoms with van der Waals surface area (Å²) in [5.41, 5.74) is 4.64. The first-order chi connectivity index (χ1) is 10.8. The average Bonchev–Trinajstić information content (AvgIpc) is 2.46. The molecule has 0 fully saturated rings. The van der Waals surface area contributed by atoms with E-state index in [9.17, 15) is 5.11 Å². The molecule has 6 heteroatoms.